The third kappa shape index (κ3) is 2.13. The first-order chi connectivity index (χ1) is 7.42. The van der Waals surface area contributed by atoms with Gasteiger partial charge >= 0.3 is 0 Å². The van der Waals surface area contributed by atoms with Crippen LogP contribution in [0.5, 0.6) is 6.01 Å². The number of halogens is 1. The SMILES string of the molecule is Cl.c1ccc2[nH]c(O[C@@H]3CCNC3)nc2c1. The van der Waals surface area contributed by atoms with E-state index in [1.165, 1.54) is 0 Å². The third-order valence-corrected chi connectivity index (χ3v) is 2.66. The molecule has 2 heterocycles. The Hall–Kier alpha value is -1.26. The Morgan fingerprint density at radius 2 is 2.19 bits per heavy atom. The second kappa shape index (κ2) is 4.72. The van der Waals surface area contributed by atoms with Gasteiger partial charge in [-0.15, -0.1) is 12.4 Å². The molecule has 1 saturated heterocycles. The third-order valence-electron chi connectivity index (χ3n) is 2.66. The van der Waals surface area contributed by atoms with Gasteiger partial charge in [-0.05, 0) is 25.1 Å². The molecule has 1 aliphatic rings. The number of fused-ring (bicyclic) bond motifs is 1. The minimum absolute atomic E-state index is 0. The number of benzene rings is 1. The normalized spacial score (nSPS) is 19.6. The molecule has 0 amide bonds. The Morgan fingerprint density at radius 3 is 2.94 bits per heavy atom. The van der Waals surface area contributed by atoms with Crippen molar-refractivity contribution in [3.8, 4) is 6.01 Å². The highest BCUT2D eigenvalue weighted by Crippen LogP contribution is 2.17. The highest BCUT2D eigenvalue weighted by atomic mass is 35.5. The van der Waals surface area contributed by atoms with Crippen LogP contribution in [0.1, 0.15) is 6.42 Å². The van der Waals surface area contributed by atoms with Crippen molar-refractivity contribution in [3.63, 3.8) is 0 Å². The van der Waals surface area contributed by atoms with Gasteiger partial charge in [-0.25, -0.2) is 0 Å². The average molecular weight is 240 g/mol. The molecule has 0 aliphatic carbocycles. The molecule has 1 fully saturated rings. The van der Waals surface area contributed by atoms with Crippen molar-refractivity contribution in [1.82, 2.24) is 15.3 Å². The molecule has 86 valence electrons. The lowest BCUT2D eigenvalue weighted by Gasteiger charge is -2.07. The fourth-order valence-electron chi connectivity index (χ4n) is 1.87. The van der Waals surface area contributed by atoms with E-state index in [-0.39, 0.29) is 18.5 Å². The summed E-state index contributed by atoms with van der Waals surface area (Å²) < 4.78 is 5.73. The number of hydrogen-bond acceptors (Lipinski definition) is 3. The van der Waals surface area contributed by atoms with E-state index in [0.717, 1.165) is 30.5 Å². The summed E-state index contributed by atoms with van der Waals surface area (Å²) >= 11 is 0. The number of imidazole rings is 1. The molecule has 0 saturated carbocycles. The average Bonchev–Trinajstić information content (AvgIpc) is 2.86. The molecule has 0 bridgehead atoms. The molecule has 1 aliphatic heterocycles. The molecule has 0 unspecified atom stereocenters. The zero-order valence-electron chi connectivity index (χ0n) is 8.77. The molecule has 5 heteroatoms. The predicted octanol–water partition coefficient (Wildman–Crippen LogP) is 1.73. The zero-order valence-corrected chi connectivity index (χ0v) is 9.59. The number of nitrogens with one attached hydrogen (secondary N) is 2. The van der Waals surface area contributed by atoms with Crippen LogP contribution in [0, 0.1) is 0 Å². The lowest BCUT2D eigenvalue weighted by atomic mass is 10.3. The van der Waals surface area contributed by atoms with Gasteiger partial charge in [0.2, 0.25) is 0 Å². The zero-order chi connectivity index (χ0) is 10.1. The maximum absolute atomic E-state index is 5.73. The lowest BCUT2D eigenvalue weighted by Crippen LogP contribution is -2.20. The first-order valence-corrected chi connectivity index (χ1v) is 5.24. The van der Waals surface area contributed by atoms with Crippen LogP contribution in [-0.4, -0.2) is 29.2 Å². The Labute approximate surface area is 99.8 Å². The molecule has 0 spiro atoms. The van der Waals surface area contributed by atoms with E-state index in [1.54, 1.807) is 0 Å². The van der Waals surface area contributed by atoms with E-state index in [9.17, 15) is 0 Å². The van der Waals surface area contributed by atoms with Crippen LogP contribution in [-0.2, 0) is 0 Å². The second-order valence-corrected chi connectivity index (χ2v) is 3.79. The first kappa shape index (κ1) is 11.2. The minimum atomic E-state index is 0. The Kier molecular flexibility index (Phi) is 3.31. The summed E-state index contributed by atoms with van der Waals surface area (Å²) in [5.74, 6) is 0. The lowest BCUT2D eigenvalue weighted by molar-refractivity contribution is 0.207. The fraction of sp³-hybridized carbons (Fsp3) is 0.364. The van der Waals surface area contributed by atoms with Crippen LogP contribution in [0.15, 0.2) is 24.3 Å². The van der Waals surface area contributed by atoms with Crippen LogP contribution < -0.4 is 10.1 Å². The van der Waals surface area contributed by atoms with E-state index >= 15 is 0 Å². The summed E-state index contributed by atoms with van der Waals surface area (Å²) in [6.45, 7) is 1.95. The van der Waals surface area contributed by atoms with Crippen molar-refractivity contribution in [3.05, 3.63) is 24.3 Å². The van der Waals surface area contributed by atoms with E-state index < -0.39 is 0 Å². The van der Waals surface area contributed by atoms with Crippen LogP contribution >= 0.6 is 12.4 Å². The largest absolute Gasteiger partial charge is 0.460 e. The Morgan fingerprint density at radius 1 is 1.31 bits per heavy atom. The van der Waals surface area contributed by atoms with Crippen molar-refractivity contribution in [2.75, 3.05) is 13.1 Å². The van der Waals surface area contributed by atoms with Crippen molar-refractivity contribution >= 4 is 23.4 Å². The number of nitrogens with zero attached hydrogens (tertiary/aromatic N) is 1. The van der Waals surface area contributed by atoms with Gasteiger partial charge in [-0.2, -0.15) is 4.98 Å². The van der Waals surface area contributed by atoms with Gasteiger partial charge < -0.3 is 15.0 Å². The first-order valence-electron chi connectivity index (χ1n) is 5.24. The summed E-state index contributed by atoms with van der Waals surface area (Å²) in [6.07, 6.45) is 1.31. The molecule has 1 aromatic carbocycles. The smallest absolute Gasteiger partial charge is 0.294 e. The van der Waals surface area contributed by atoms with E-state index in [0.29, 0.717) is 6.01 Å². The maximum Gasteiger partial charge on any atom is 0.294 e. The van der Waals surface area contributed by atoms with Gasteiger partial charge in [-0.1, -0.05) is 12.1 Å². The number of ether oxygens (including phenoxy) is 1. The predicted molar refractivity (Wildman–Crippen MR) is 65.2 cm³/mol. The van der Waals surface area contributed by atoms with Gasteiger partial charge in [0.15, 0.2) is 0 Å². The Bertz CT molecular complexity index is 432. The van der Waals surface area contributed by atoms with Gasteiger partial charge in [0.1, 0.15) is 6.10 Å². The number of para-hydroxylation sites is 2. The summed E-state index contributed by atoms with van der Waals surface area (Å²) in [4.78, 5) is 7.53. The number of aromatic amines is 1. The van der Waals surface area contributed by atoms with Crippen molar-refractivity contribution in [2.24, 2.45) is 0 Å². The molecule has 3 rings (SSSR count). The molecular formula is C11H14ClN3O. The fourth-order valence-corrected chi connectivity index (χ4v) is 1.87. The minimum Gasteiger partial charge on any atom is -0.460 e. The summed E-state index contributed by atoms with van der Waals surface area (Å²) in [5.41, 5.74) is 1.98. The molecule has 2 aromatic rings. The van der Waals surface area contributed by atoms with Crippen LogP contribution in [0.25, 0.3) is 11.0 Å². The molecular weight excluding hydrogens is 226 g/mol. The number of aromatic nitrogens is 2. The van der Waals surface area contributed by atoms with Crippen LogP contribution in [0.3, 0.4) is 0 Å². The maximum atomic E-state index is 5.73. The molecule has 1 aromatic heterocycles. The van der Waals surface area contributed by atoms with Crippen molar-refractivity contribution < 1.29 is 4.74 Å². The van der Waals surface area contributed by atoms with Crippen LogP contribution in [0.4, 0.5) is 0 Å². The number of H-pyrrole nitrogens is 1. The van der Waals surface area contributed by atoms with Gasteiger partial charge in [-0.3, -0.25) is 0 Å². The van der Waals surface area contributed by atoms with Crippen molar-refractivity contribution in [1.29, 1.82) is 0 Å². The van der Waals surface area contributed by atoms with Gasteiger partial charge in [0, 0.05) is 6.54 Å². The van der Waals surface area contributed by atoms with Gasteiger partial charge in [0.05, 0.1) is 11.0 Å². The van der Waals surface area contributed by atoms with E-state index in [2.05, 4.69) is 15.3 Å². The summed E-state index contributed by atoms with van der Waals surface area (Å²) in [5, 5.41) is 3.26. The standard InChI is InChI=1S/C11H13N3O.ClH/c1-2-4-10-9(3-1)13-11(14-10)15-8-5-6-12-7-8;/h1-4,8,12H,5-7H2,(H,13,14);1H/t8-;/m1./s1. The highest BCUT2D eigenvalue weighted by molar-refractivity contribution is 5.85. The molecule has 2 N–H and O–H groups in total. The van der Waals surface area contributed by atoms with E-state index in [1.807, 2.05) is 24.3 Å². The number of rotatable bonds is 2. The summed E-state index contributed by atoms with van der Waals surface area (Å²) in [6, 6.07) is 8.57. The quantitative estimate of drug-likeness (QED) is 0.839. The van der Waals surface area contributed by atoms with E-state index in [4.69, 9.17) is 4.74 Å². The number of hydrogen-bond donors (Lipinski definition) is 2. The molecule has 4 nitrogen and oxygen atoms in total. The topological polar surface area (TPSA) is 49.9 Å². The van der Waals surface area contributed by atoms with Gasteiger partial charge in [0.25, 0.3) is 6.01 Å². The molecule has 16 heavy (non-hydrogen) atoms. The highest BCUT2D eigenvalue weighted by Gasteiger charge is 2.17. The second-order valence-electron chi connectivity index (χ2n) is 3.79. The van der Waals surface area contributed by atoms with Crippen molar-refractivity contribution in [2.45, 2.75) is 12.5 Å². The molecule has 1 atom stereocenters. The monoisotopic (exact) mass is 239 g/mol. The Balaban J connectivity index is 0.000000963. The van der Waals surface area contributed by atoms with Crippen LogP contribution in [0.2, 0.25) is 0 Å². The molecule has 0 radical (unpaired) electrons. The summed E-state index contributed by atoms with van der Waals surface area (Å²) in [7, 11) is 0.